The van der Waals surface area contributed by atoms with E-state index in [1.54, 1.807) is 0 Å². The Morgan fingerprint density at radius 3 is 2.62 bits per heavy atom. The van der Waals surface area contributed by atoms with Crippen LogP contribution < -0.4 is 10.6 Å². The molecular formula is C23H28N4O2. The largest absolute Gasteiger partial charge is 0.356 e. The van der Waals surface area contributed by atoms with Gasteiger partial charge in [0.1, 0.15) is 12.4 Å². The molecule has 2 aromatic carbocycles. The minimum Gasteiger partial charge on any atom is -0.356 e. The van der Waals surface area contributed by atoms with Gasteiger partial charge in [-0.15, -0.1) is 0 Å². The standard InChI is InChI=1S/C23H28N4O2/c1-4-22(28)24-14-8-13-21-25-19-10-5-6-12-20(19)27(21)15-23(29)26-18-11-7-9-16(2)17(18)3/h5-7,9-12H,4,8,13-15H2,1-3H3,(H,24,28)(H,26,29). The van der Waals surface area contributed by atoms with E-state index in [2.05, 4.69) is 10.6 Å². The van der Waals surface area contributed by atoms with E-state index in [9.17, 15) is 9.59 Å². The number of rotatable bonds is 8. The van der Waals surface area contributed by atoms with Crippen molar-refractivity contribution < 1.29 is 9.59 Å². The molecule has 0 spiro atoms. The molecule has 1 heterocycles. The molecule has 6 nitrogen and oxygen atoms in total. The molecule has 3 aromatic rings. The highest BCUT2D eigenvalue weighted by molar-refractivity contribution is 5.92. The number of aromatic nitrogens is 2. The number of nitrogens with zero attached hydrogens (tertiary/aromatic N) is 2. The van der Waals surface area contributed by atoms with Gasteiger partial charge in [-0.05, 0) is 49.6 Å². The van der Waals surface area contributed by atoms with E-state index < -0.39 is 0 Å². The molecule has 0 fully saturated rings. The molecule has 0 bridgehead atoms. The number of amides is 2. The van der Waals surface area contributed by atoms with Gasteiger partial charge in [-0.1, -0.05) is 31.2 Å². The Balaban J connectivity index is 1.75. The Hall–Kier alpha value is -3.15. The topological polar surface area (TPSA) is 76.0 Å². The second-order valence-corrected chi connectivity index (χ2v) is 7.21. The summed E-state index contributed by atoms with van der Waals surface area (Å²) in [6, 6.07) is 13.7. The van der Waals surface area contributed by atoms with Gasteiger partial charge in [0.05, 0.1) is 11.0 Å². The molecular weight excluding hydrogens is 364 g/mol. The smallest absolute Gasteiger partial charge is 0.244 e. The summed E-state index contributed by atoms with van der Waals surface area (Å²) in [5.74, 6) is 0.821. The van der Waals surface area contributed by atoms with Gasteiger partial charge in [-0.3, -0.25) is 9.59 Å². The Morgan fingerprint density at radius 2 is 1.83 bits per heavy atom. The SMILES string of the molecule is CCC(=O)NCCCc1nc2ccccc2n1CC(=O)Nc1cccc(C)c1C. The Bertz CT molecular complexity index is 1020. The molecule has 1 aromatic heterocycles. The Kier molecular flexibility index (Phi) is 6.65. The average molecular weight is 393 g/mol. The van der Waals surface area contributed by atoms with Gasteiger partial charge in [0, 0.05) is 25.1 Å². The van der Waals surface area contributed by atoms with E-state index in [1.165, 1.54) is 0 Å². The van der Waals surface area contributed by atoms with Crippen LogP contribution in [0.2, 0.25) is 0 Å². The lowest BCUT2D eigenvalue weighted by molar-refractivity contribution is -0.120. The summed E-state index contributed by atoms with van der Waals surface area (Å²) in [4.78, 5) is 28.9. The van der Waals surface area contributed by atoms with Crippen LogP contribution >= 0.6 is 0 Å². The van der Waals surface area contributed by atoms with Crippen molar-refractivity contribution in [3.8, 4) is 0 Å². The zero-order chi connectivity index (χ0) is 20.8. The highest BCUT2D eigenvalue weighted by atomic mass is 16.2. The van der Waals surface area contributed by atoms with Crippen molar-refractivity contribution in [1.82, 2.24) is 14.9 Å². The number of hydrogen-bond acceptors (Lipinski definition) is 3. The Morgan fingerprint density at radius 1 is 1.03 bits per heavy atom. The fourth-order valence-corrected chi connectivity index (χ4v) is 3.31. The van der Waals surface area contributed by atoms with Gasteiger partial charge < -0.3 is 15.2 Å². The highest BCUT2D eigenvalue weighted by Crippen LogP contribution is 2.20. The van der Waals surface area contributed by atoms with Crippen molar-refractivity contribution in [1.29, 1.82) is 0 Å². The third-order valence-corrected chi connectivity index (χ3v) is 5.13. The van der Waals surface area contributed by atoms with Gasteiger partial charge in [0.2, 0.25) is 11.8 Å². The van der Waals surface area contributed by atoms with Gasteiger partial charge >= 0.3 is 0 Å². The van der Waals surface area contributed by atoms with E-state index in [0.717, 1.165) is 40.1 Å². The minimum absolute atomic E-state index is 0.0476. The van der Waals surface area contributed by atoms with Crippen LogP contribution in [0.15, 0.2) is 42.5 Å². The van der Waals surface area contributed by atoms with Crippen molar-refractivity contribution in [2.24, 2.45) is 0 Å². The molecule has 3 rings (SSSR count). The van der Waals surface area contributed by atoms with Crippen LogP contribution in [0.1, 0.15) is 36.7 Å². The summed E-state index contributed by atoms with van der Waals surface area (Å²) in [6.45, 7) is 6.68. The van der Waals surface area contributed by atoms with Crippen LogP contribution in [-0.4, -0.2) is 27.9 Å². The number of aryl methyl sites for hydroxylation is 2. The highest BCUT2D eigenvalue weighted by Gasteiger charge is 2.14. The van der Waals surface area contributed by atoms with Crippen molar-refractivity contribution >= 4 is 28.5 Å². The predicted octanol–water partition coefficient (Wildman–Crippen LogP) is 3.75. The number of para-hydroxylation sites is 2. The van der Waals surface area contributed by atoms with Crippen molar-refractivity contribution in [2.45, 2.75) is 46.6 Å². The second kappa shape index (κ2) is 9.37. The van der Waals surface area contributed by atoms with Crippen LogP contribution in [0, 0.1) is 13.8 Å². The molecule has 0 unspecified atom stereocenters. The third-order valence-electron chi connectivity index (χ3n) is 5.13. The number of benzene rings is 2. The van der Waals surface area contributed by atoms with Gasteiger partial charge in [0.15, 0.2) is 0 Å². The van der Waals surface area contributed by atoms with E-state index in [1.807, 2.05) is 67.8 Å². The average Bonchev–Trinajstić information content (AvgIpc) is 3.06. The maximum Gasteiger partial charge on any atom is 0.244 e. The molecule has 152 valence electrons. The number of nitrogens with one attached hydrogen (secondary N) is 2. The van der Waals surface area contributed by atoms with Crippen molar-refractivity contribution in [3.63, 3.8) is 0 Å². The van der Waals surface area contributed by atoms with Gasteiger partial charge in [0.25, 0.3) is 0 Å². The molecule has 0 aliphatic heterocycles. The number of carbonyl (C=O) groups excluding carboxylic acids is 2. The maximum absolute atomic E-state index is 12.8. The first-order chi connectivity index (χ1) is 14.0. The molecule has 6 heteroatoms. The summed E-state index contributed by atoms with van der Waals surface area (Å²) in [7, 11) is 0. The lowest BCUT2D eigenvalue weighted by Crippen LogP contribution is -2.24. The van der Waals surface area contributed by atoms with Gasteiger partial charge in [-0.2, -0.15) is 0 Å². The summed E-state index contributed by atoms with van der Waals surface area (Å²) >= 11 is 0. The maximum atomic E-state index is 12.8. The fraction of sp³-hybridized carbons (Fsp3) is 0.348. The first-order valence-corrected chi connectivity index (χ1v) is 10.1. The number of anilines is 1. The van der Waals surface area contributed by atoms with Crippen LogP contribution in [0.3, 0.4) is 0 Å². The summed E-state index contributed by atoms with van der Waals surface area (Å²) in [6.07, 6.45) is 1.94. The quantitative estimate of drug-likeness (QED) is 0.573. The minimum atomic E-state index is -0.0811. The number of carbonyl (C=O) groups is 2. The summed E-state index contributed by atoms with van der Waals surface area (Å²) in [5, 5.41) is 5.91. The molecule has 0 aliphatic rings. The van der Waals surface area contributed by atoms with Crippen molar-refractivity contribution in [3.05, 3.63) is 59.4 Å². The molecule has 0 atom stereocenters. The molecule has 2 N–H and O–H groups in total. The van der Waals surface area contributed by atoms with E-state index >= 15 is 0 Å². The zero-order valence-corrected chi connectivity index (χ0v) is 17.3. The Labute approximate surface area is 171 Å². The molecule has 0 radical (unpaired) electrons. The molecule has 0 aliphatic carbocycles. The van der Waals surface area contributed by atoms with Crippen LogP contribution in [-0.2, 0) is 22.6 Å². The number of hydrogen-bond donors (Lipinski definition) is 2. The number of fused-ring (bicyclic) bond motifs is 1. The first-order valence-electron chi connectivity index (χ1n) is 10.1. The normalized spacial score (nSPS) is 10.9. The second-order valence-electron chi connectivity index (χ2n) is 7.21. The summed E-state index contributed by atoms with van der Waals surface area (Å²) in [5.41, 5.74) is 4.87. The van der Waals surface area contributed by atoms with Crippen LogP contribution in [0.4, 0.5) is 5.69 Å². The van der Waals surface area contributed by atoms with Crippen LogP contribution in [0.25, 0.3) is 11.0 Å². The van der Waals surface area contributed by atoms with E-state index in [-0.39, 0.29) is 18.4 Å². The molecule has 29 heavy (non-hydrogen) atoms. The number of imidazole rings is 1. The first kappa shape index (κ1) is 20.6. The third kappa shape index (κ3) is 5.02. The van der Waals surface area contributed by atoms with Crippen molar-refractivity contribution in [2.75, 3.05) is 11.9 Å². The van der Waals surface area contributed by atoms with E-state index in [4.69, 9.17) is 4.98 Å². The fourth-order valence-electron chi connectivity index (χ4n) is 3.31. The lowest BCUT2D eigenvalue weighted by Gasteiger charge is -2.13. The molecule has 0 saturated carbocycles. The predicted molar refractivity (Wildman–Crippen MR) is 116 cm³/mol. The van der Waals surface area contributed by atoms with Gasteiger partial charge in [-0.25, -0.2) is 4.98 Å². The monoisotopic (exact) mass is 392 g/mol. The van der Waals surface area contributed by atoms with Crippen LogP contribution in [0.5, 0.6) is 0 Å². The molecule has 2 amide bonds. The summed E-state index contributed by atoms with van der Waals surface area (Å²) < 4.78 is 1.97. The van der Waals surface area contributed by atoms with E-state index in [0.29, 0.717) is 19.4 Å². The lowest BCUT2D eigenvalue weighted by atomic mass is 10.1. The molecule has 0 saturated heterocycles. The zero-order valence-electron chi connectivity index (χ0n) is 17.3.